The SMILES string of the molecule is Cc1ccc(C(=O)N2CCOC(COc3cccc(F)c3)C2)cc1. The number of morpholine rings is 1. The fourth-order valence-electron chi connectivity index (χ4n) is 2.63. The van der Waals surface area contributed by atoms with Crippen LogP contribution in [0, 0.1) is 12.7 Å². The van der Waals surface area contributed by atoms with Crippen LogP contribution in [0.1, 0.15) is 15.9 Å². The first-order valence-corrected chi connectivity index (χ1v) is 7.98. The standard InChI is InChI=1S/C19H20FNO3/c1-14-5-7-15(8-6-14)19(22)21-9-10-23-18(12-21)13-24-17-4-2-3-16(20)11-17/h2-8,11,18H,9-10,12-13H2,1H3. The average molecular weight is 329 g/mol. The third-order valence-electron chi connectivity index (χ3n) is 3.96. The topological polar surface area (TPSA) is 38.8 Å². The summed E-state index contributed by atoms with van der Waals surface area (Å²) in [7, 11) is 0. The van der Waals surface area contributed by atoms with Crippen LogP contribution in [0.2, 0.25) is 0 Å². The maximum Gasteiger partial charge on any atom is 0.254 e. The van der Waals surface area contributed by atoms with Crippen LogP contribution in [-0.2, 0) is 4.74 Å². The number of carbonyl (C=O) groups excluding carboxylic acids is 1. The van der Waals surface area contributed by atoms with Gasteiger partial charge in [-0.1, -0.05) is 23.8 Å². The van der Waals surface area contributed by atoms with Gasteiger partial charge in [0.25, 0.3) is 5.91 Å². The van der Waals surface area contributed by atoms with Crippen molar-refractivity contribution in [2.24, 2.45) is 0 Å². The van der Waals surface area contributed by atoms with E-state index in [4.69, 9.17) is 9.47 Å². The van der Waals surface area contributed by atoms with Crippen molar-refractivity contribution in [3.63, 3.8) is 0 Å². The van der Waals surface area contributed by atoms with Gasteiger partial charge in [0.1, 0.15) is 24.3 Å². The molecule has 24 heavy (non-hydrogen) atoms. The molecule has 1 saturated heterocycles. The van der Waals surface area contributed by atoms with Gasteiger partial charge in [-0.3, -0.25) is 4.79 Å². The van der Waals surface area contributed by atoms with Crippen molar-refractivity contribution < 1.29 is 18.7 Å². The summed E-state index contributed by atoms with van der Waals surface area (Å²) in [6.45, 7) is 3.75. The highest BCUT2D eigenvalue weighted by Gasteiger charge is 2.25. The monoisotopic (exact) mass is 329 g/mol. The lowest BCUT2D eigenvalue weighted by Crippen LogP contribution is -2.47. The van der Waals surface area contributed by atoms with Gasteiger partial charge >= 0.3 is 0 Å². The van der Waals surface area contributed by atoms with Crippen molar-refractivity contribution in [1.82, 2.24) is 4.90 Å². The molecule has 0 bridgehead atoms. The molecule has 1 aliphatic heterocycles. The van der Waals surface area contributed by atoms with Crippen molar-refractivity contribution in [2.45, 2.75) is 13.0 Å². The lowest BCUT2D eigenvalue weighted by atomic mass is 10.1. The predicted octanol–water partition coefficient (Wildman–Crippen LogP) is 3.05. The molecule has 2 aromatic carbocycles. The van der Waals surface area contributed by atoms with E-state index < -0.39 is 0 Å². The number of benzene rings is 2. The number of hydrogen-bond donors (Lipinski definition) is 0. The second kappa shape index (κ2) is 7.45. The van der Waals surface area contributed by atoms with Crippen molar-refractivity contribution in [2.75, 3.05) is 26.3 Å². The van der Waals surface area contributed by atoms with Gasteiger partial charge in [-0.05, 0) is 31.2 Å². The molecular formula is C19H20FNO3. The van der Waals surface area contributed by atoms with Crippen molar-refractivity contribution >= 4 is 5.91 Å². The molecule has 3 rings (SSSR count). The van der Waals surface area contributed by atoms with E-state index in [2.05, 4.69) is 0 Å². The molecule has 1 aliphatic rings. The van der Waals surface area contributed by atoms with Gasteiger partial charge in [-0.25, -0.2) is 4.39 Å². The van der Waals surface area contributed by atoms with Gasteiger partial charge < -0.3 is 14.4 Å². The molecule has 0 aromatic heterocycles. The molecule has 0 radical (unpaired) electrons. The highest BCUT2D eigenvalue weighted by atomic mass is 19.1. The number of aryl methyl sites for hydroxylation is 1. The van der Waals surface area contributed by atoms with Crippen LogP contribution in [-0.4, -0.2) is 43.2 Å². The summed E-state index contributed by atoms with van der Waals surface area (Å²) in [5.74, 6) is 0.114. The van der Waals surface area contributed by atoms with Crippen molar-refractivity contribution in [1.29, 1.82) is 0 Å². The Morgan fingerprint density at radius 3 is 2.83 bits per heavy atom. The number of rotatable bonds is 4. The average Bonchev–Trinajstić information content (AvgIpc) is 2.60. The van der Waals surface area contributed by atoms with E-state index in [-0.39, 0.29) is 24.4 Å². The van der Waals surface area contributed by atoms with E-state index in [0.717, 1.165) is 5.56 Å². The van der Waals surface area contributed by atoms with Gasteiger partial charge in [-0.15, -0.1) is 0 Å². The fraction of sp³-hybridized carbons (Fsp3) is 0.316. The molecular weight excluding hydrogens is 309 g/mol. The second-order valence-electron chi connectivity index (χ2n) is 5.88. The maximum absolute atomic E-state index is 13.2. The number of nitrogens with zero attached hydrogens (tertiary/aromatic N) is 1. The number of ether oxygens (including phenoxy) is 2. The van der Waals surface area contributed by atoms with Gasteiger partial charge in [0.2, 0.25) is 0 Å². The summed E-state index contributed by atoms with van der Waals surface area (Å²) in [5, 5.41) is 0. The number of halogens is 1. The van der Waals surface area contributed by atoms with Gasteiger partial charge in [0, 0.05) is 18.2 Å². The molecule has 1 unspecified atom stereocenters. The number of amides is 1. The summed E-state index contributed by atoms with van der Waals surface area (Å²) in [4.78, 5) is 14.3. The summed E-state index contributed by atoms with van der Waals surface area (Å²) in [6, 6.07) is 13.5. The van der Waals surface area contributed by atoms with Crippen LogP contribution in [0.5, 0.6) is 5.75 Å². The van der Waals surface area contributed by atoms with Crippen LogP contribution in [0.3, 0.4) is 0 Å². The Balaban J connectivity index is 1.57. The fourth-order valence-corrected chi connectivity index (χ4v) is 2.63. The molecule has 126 valence electrons. The van der Waals surface area contributed by atoms with Crippen LogP contribution in [0.4, 0.5) is 4.39 Å². The smallest absolute Gasteiger partial charge is 0.254 e. The van der Waals surface area contributed by atoms with E-state index in [0.29, 0.717) is 31.0 Å². The van der Waals surface area contributed by atoms with E-state index in [1.807, 2.05) is 31.2 Å². The lowest BCUT2D eigenvalue weighted by molar-refractivity contribution is -0.0401. The van der Waals surface area contributed by atoms with Crippen LogP contribution >= 0.6 is 0 Å². The van der Waals surface area contributed by atoms with E-state index in [1.54, 1.807) is 17.0 Å². The Morgan fingerprint density at radius 2 is 2.08 bits per heavy atom. The molecule has 1 fully saturated rings. The lowest BCUT2D eigenvalue weighted by Gasteiger charge is -2.33. The molecule has 0 saturated carbocycles. The number of carbonyl (C=O) groups is 1. The Bertz CT molecular complexity index is 702. The Hall–Kier alpha value is -2.40. The number of hydrogen-bond acceptors (Lipinski definition) is 3. The first-order chi connectivity index (χ1) is 11.6. The minimum Gasteiger partial charge on any atom is -0.491 e. The normalized spacial score (nSPS) is 17.6. The quantitative estimate of drug-likeness (QED) is 0.865. The third-order valence-corrected chi connectivity index (χ3v) is 3.96. The van der Waals surface area contributed by atoms with Gasteiger partial charge in [-0.2, -0.15) is 0 Å². The summed E-state index contributed by atoms with van der Waals surface area (Å²) >= 11 is 0. The molecule has 1 amide bonds. The molecule has 0 aliphatic carbocycles. The summed E-state index contributed by atoms with van der Waals surface area (Å²) in [6.07, 6.45) is -0.226. The summed E-state index contributed by atoms with van der Waals surface area (Å²) < 4.78 is 24.4. The molecule has 5 heteroatoms. The zero-order chi connectivity index (χ0) is 16.9. The van der Waals surface area contributed by atoms with E-state index in [1.165, 1.54) is 12.1 Å². The Kier molecular flexibility index (Phi) is 5.11. The molecule has 1 atom stereocenters. The predicted molar refractivity (Wildman–Crippen MR) is 88.7 cm³/mol. The summed E-state index contributed by atoms with van der Waals surface area (Å²) in [5.41, 5.74) is 1.79. The van der Waals surface area contributed by atoms with Gasteiger partial charge in [0.05, 0.1) is 13.2 Å². The second-order valence-corrected chi connectivity index (χ2v) is 5.88. The Morgan fingerprint density at radius 1 is 1.29 bits per heavy atom. The maximum atomic E-state index is 13.2. The van der Waals surface area contributed by atoms with E-state index >= 15 is 0 Å². The van der Waals surface area contributed by atoms with Crippen molar-refractivity contribution in [3.05, 3.63) is 65.5 Å². The molecule has 0 spiro atoms. The van der Waals surface area contributed by atoms with Crippen LogP contribution < -0.4 is 4.74 Å². The third kappa shape index (κ3) is 4.11. The Labute approximate surface area is 140 Å². The largest absolute Gasteiger partial charge is 0.491 e. The first-order valence-electron chi connectivity index (χ1n) is 7.98. The molecule has 1 heterocycles. The zero-order valence-corrected chi connectivity index (χ0v) is 13.6. The molecule has 0 N–H and O–H groups in total. The van der Waals surface area contributed by atoms with Gasteiger partial charge in [0.15, 0.2) is 0 Å². The highest BCUT2D eigenvalue weighted by molar-refractivity contribution is 5.94. The van der Waals surface area contributed by atoms with Crippen molar-refractivity contribution in [3.8, 4) is 5.75 Å². The minimum absolute atomic E-state index is 0.00550. The first kappa shape index (κ1) is 16.5. The highest BCUT2D eigenvalue weighted by Crippen LogP contribution is 2.15. The minimum atomic E-state index is -0.340. The molecule has 4 nitrogen and oxygen atoms in total. The van der Waals surface area contributed by atoms with Crippen LogP contribution in [0.15, 0.2) is 48.5 Å². The molecule has 2 aromatic rings. The zero-order valence-electron chi connectivity index (χ0n) is 13.6. The van der Waals surface area contributed by atoms with Crippen LogP contribution in [0.25, 0.3) is 0 Å². The van der Waals surface area contributed by atoms with E-state index in [9.17, 15) is 9.18 Å².